The van der Waals surface area contributed by atoms with Gasteiger partial charge in [-0.25, -0.2) is 0 Å². The second-order valence-electron chi connectivity index (χ2n) is 6.07. The fraction of sp³-hybridized carbons (Fsp3) is 0.647. The summed E-state index contributed by atoms with van der Waals surface area (Å²) in [4.78, 5) is 0. The molecule has 0 aromatic heterocycles. The van der Waals surface area contributed by atoms with Gasteiger partial charge in [0.2, 0.25) is 0 Å². The van der Waals surface area contributed by atoms with Gasteiger partial charge in [-0.2, -0.15) is 0 Å². The SMILES string of the molecule is CC(C)C(CNCC1CCCC1)c1ccccc1. The Morgan fingerprint density at radius 2 is 1.78 bits per heavy atom. The van der Waals surface area contributed by atoms with E-state index in [-0.39, 0.29) is 0 Å². The molecule has 0 spiro atoms. The van der Waals surface area contributed by atoms with Gasteiger partial charge in [0.05, 0.1) is 0 Å². The molecule has 0 aliphatic heterocycles. The fourth-order valence-electron chi connectivity index (χ4n) is 3.10. The van der Waals surface area contributed by atoms with Gasteiger partial charge < -0.3 is 5.32 Å². The highest BCUT2D eigenvalue weighted by Gasteiger charge is 2.18. The highest BCUT2D eigenvalue weighted by atomic mass is 14.9. The Morgan fingerprint density at radius 1 is 1.11 bits per heavy atom. The van der Waals surface area contributed by atoms with Crippen molar-refractivity contribution >= 4 is 0 Å². The molecule has 0 bridgehead atoms. The van der Waals surface area contributed by atoms with Gasteiger partial charge in [-0.15, -0.1) is 0 Å². The maximum atomic E-state index is 3.71. The Kier molecular flexibility index (Phi) is 5.25. The first-order valence-corrected chi connectivity index (χ1v) is 7.53. The summed E-state index contributed by atoms with van der Waals surface area (Å²) in [5.41, 5.74) is 1.48. The van der Waals surface area contributed by atoms with Crippen LogP contribution >= 0.6 is 0 Å². The molecule has 100 valence electrons. The molecular weight excluding hydrogens is 218 g/mol. The zero-order valence-corrected chi connectivity index (χ0v) is 11.9. The van der Waals surface area contributed by atoms with E-state index in [1.165, 1.54) is 37.8 Å². The normalized spacial score (nSPS) is 18.4. The summed E-state index contributed by atoms with van der Waals surface area (Å²) < 4.78 is 0. The molecule has 1 aromatic carbocycles. The van der Waals surface area contributed by atoms with Gasteiger partial charge in [0.25, 0.3) is 0 Å². The lowest BCUT2D eigenvalue weighted by Crippen LogP contribution is -2.28. The fourth-order valence-corrected chi connectivity index (χ4v) is 3.10. The molecule has 1 heteroatoms. The second-order valence-corrected chi connectivity index (χ2v) is 6.07. The molecule has 2 rings (SSSR count). The molecule has 1 fully saturated rings. The summed E-state index contributed by atoms with van der Waals surface area (Å²) in [7, 11) is 0. The van der Waals surface area contributed by atoms with E-state index in [9.17, 15) is 0 Å². The van der Waals surface area contributed by atoms with Gasteiger partial charge in [0, 0.05) is 6.54 Å². The predicted octanol–water partition coefficient (Wildman–Crippen LogP) is 4.21. The van der Waals surface area contributed by atoms with E-state index in [4.69, 9.17) is 0 Å². The zero-order chi connectivity index (χ0) is 12.8. The van der Waals surface area contributed by atoms with Crippen LogP contribution in [0.2, 0.25) is 0 Å². The van der Waals surface area contributed by atoms with Gasteiger partial charge in [-0.1, -0.05) is 57.0 Å². The summed E-state index contributed by atoms with van der Waals surface area (Å²) >= 11 is 0. The van der Waals surface area contributed by atoms with Gasteiger partial charge >= 0.3 is 0 Å². The van der Waals surface area contributed by atoms with E-state index in [0.717, 1.165) is 12.5 Å². The molecule has 1 unspecified atom stereocenters. The van der Waals surface area contributed by atoms with Crippen molar-refractivity contribution in [1.29, 1.82) is 0 Å². The lowest BCUT2D eigenvalue weighted by atomic mass is 9.88. The van der Waals surface area contributed by atoms with Crippen LogP contribution in [0.25, 0.3) is 0 Å². The Bertz CT molecular complexity index is 325. The highest BCUT2D eigenvalue weighted by Crippen LogP contribution is 2.25. The standard InChI is InChI=1S/C17H27N/c1-14(2)17(16-10-4-3-5-11-16)13-18-12-15-8-6-7-9-15/h3-5,10-11,14-15,17-18H,6-9,12-13H2,1-2H3. The molecule has 0 saturated heterocycles. The first kappa shape index (κ1) is 13.6. The molecule has 1 atom stereocenters. The lowest BCUT2D eigenvalue weighted by molar-refractivity contribution is 0.424. The minimum atomic E-state index is 0.646. The van der Waals surface area contributed by atoms with E-state index in [1.54, 1.807) is 0 Å². The first-order valence-electron chi connectivity index (χ1n) is 7.53. The Morgan fingerprint density at radius 3 is 2.39 bits per heavy atom. The van der Waals surface area contributed by atoms with Crippen LogP contribution in [0.5, 0.6) is 0 Å². The van der Waals surface area contributed by atoms with Crippen molar-refractivity contribution in [2.45, 2.75) is 45.4 Å². The predicted molar refractivity (Wildman–Crippen MR) is 78.8 cm³/mol. The largest absolute Gasteiger partial charge is 0.316 e. The van der Waals surface area contributed by atoms with Crippen LogP contribution in [0.3, 0.4) is 0 Å². The number of nitrogens with one attached hydrogen (secondary N) is 1. The van der Waals surface area contributed by atoms with E-state index >= 15 is 0 Å². The molecule has 1 saturated carbocycles. The Hall–Kier alpha value is -0.820. The van der Waals surface area contributed by atoms with Crippen LogP contribution in [0.1, 0.15) is 51.0 Å². The van der Waals surface area contributed by atoms with Crippen LogP contribution in [-0.4, -0.2) is 13.1 Å². The smallest absolute Gasteiger partial charge is 0.00227 e. The molecule has 18 heavy (non-hydrogen) atoms. The topological polar surface area (TPSA) is 12.0 Å². The molecule has 1 aliphatic rings. The van der Waals surface area contributed by atoms with Crippen LogP contribution in [-0.2, 0) is 0 Å². The van der Waals surface area contributed by atoms with Crippen LogP contribution in [0.4, 0.5) is 0 Å². The third kappa shape index (κ3) is 3.84. The molecule has 1 nitrogen and oxygen atoms in total. The lowest BCUT2D eigenvalue weighted by Gasteiger charge is -2.23. The van der Waals surface area contributed by atoms with Crippen molar-refractivity contribution < 1.29 is 0 Å². The molecular formula is C17H27N. The van der Waals surface area contributed by atoms with Crippen molar-refractivity contribution in [1.82, 2.24) is 5.32 Å². The molecule has 0 radical (unpaired) electrons. The third-order valence-corrected chi connectivity index (χ3v) is 4.30. The molecule has 1 N–H and O–H groups in total. The van der Waals surface area contributed by atoms with Crippen molar-refractivity contribution in [2.24, 2.45) is 11.8 Å². The number of rotatable bonds is 6. The maximum absolute atomic E-state index is 3.71. The van der Waals surface area contributed by atoms with E-state index in [0.29, 0.717) is 11.8 Å². The average molecular weight is 245 g/mol. The van der Waals surface area contributed by atoms with Crippen molar-refractivity contribution in [3.63, 3.8) is 0 Å². The van der Waals surface area contributed by atoms with Gasteiger partial charge in [-0.3, -0.25) is 0 Å². The van der Waals surface area contributed by atoms with Gasteiger partial charge in [0.15, 0.2) is 0 Å². The van der Waals surface area contributed by atoms with Crippen molar-refractivity contribution in [3.8, 4) is 0 Å². The Balaban J connectivity index is 1.83. The monoisotopic (exact) mass is 245 g/mol. The molecule has 0 heterocycles. The molecule has 1 aromatic rings. The van der Waals surface area contributed by atoms with Crippen LogP contribution in [0, 0.1) is 11.8 Å². The minimum absolute atomic E-state index is 0.646. The summed E-state index contributed by atoms with van der Waals surface area (Å²) in [6, 6.07) is 10.9. The highest BCUT2D eigenvalue weighted by molar-refractivity contribution is 5.20. The maximum Gasteiger partial charge on any atom is 0.00227 e. The van der Waals surface area contributed by atoms with Gasteiger partial charge in [-0.05, 0) is 42.7 Å². The Labute approximate surface area is 112 Å². The van der Waals surface area contributed by atoms with E-state index in [1.807, 2.05) is 0 Å². The molecule has 1 aliphatic carbocycles. The summed E-state index contributed by atoms with van der Waals surface area (Å²) in [5, 5.41) is 3.71. The quantitative estimate of drug-likeness (QED) is 0.792. The average Bonchev–Trinajstić information content (AvgIpc) is 2.88. The van der Waals surface area contributed by atoms with Crippen molar-refractivity contribution in [2.75, 3.05) is 13.1 Å². The number of hydrogen-bond donors (Lipinski definition) is 1. The van der Waals surface area contributed by atoms with E-state index < -0.39 is 0 Å². The minimum Gasteiger partial charge on any atom is -0.316 e. The summed E-state index contributed by atoms with van der Waals surface area (Å²) in [6.07, 6.45) is 5.76. The van der Waals surface area contributed by atoms with Gasteiger partial charge in [0.1, 0.15) is 0 Å². The van der Waals surface area contributed by atoms with E-state index in [2.05, 4.69) is 49.5 Å². The van der Waals surface area contributed by atoms with Crippen LogP contribution in [0.15, 0.2) is 30.3 Å². The number of hydrogen-bond acceptors (Lipinski definition) is 1. The summed E-state index contributed by atoms with van der Waals surface area (Å²) in [5.74, 6) is 2.28. The molecule has 0 amide bonds. The second kappa shape index (κ2) is 6.94. The number of benzene rings is 1. The van der Waals surface area contributed by atoms with Crippen molar-refractivity contribution in [3.05, 3.63) is 35.9 Å². The zero-order valence-electron chi connectivity index (χ0n) is 11.9. The first-order chi connectivity index (χ1) is 8.77. The summed E-state index contributed by atoms with van der Waals surface area (Å²) in [6.45, 7) is 7.00. The van der Waals surface area contributed by atoms with Crippen LogP contribution < -0.4 is 5.32 Å². The third-order valence-electron chi connectivity index (χ3n) is 4.30.